The number of fused-ring (bicyclic) bond motifs is 1. The lowest BCUT2D eigenvalue weighted by Crippen LogP contribution is -2.40. The first kappa shape index (κ1) is 14.4. The number of nitrogens with one attached hydrogen (secondary N) is 1. The lowest BCUT2D eigenvalue weighted by molar-refractivity contribution is -0.167. The topological polar surface area (TPSA) is 86.7 Å². The lowest BCUT2D eigenvalue weighted by atomic mass is 9.94. The summed E-state index contributed by atoms with van der Waals surface area (Å²) in [6.07, 6.45) is -5.46. The Kier molecular flexibility index (Phi) is 3.45. The molecule has 0 aromatic rings. The Hall–Kier alpha value is -2.06. The number of alkyl halides is 3. The Labute approximate surface area is 111 Å². The number of carboxylic acid groups (broad SMARTS) is 1. The van der Waals surface area contributed by atoms with Gasteiger partial charge in [0.1, 0.15) is 5.82 Å². The number of carboxylic acids is 1. The summed E-state index contributed by atoms with van der Waals surface area (Å²) in [5, 5.41) is 11.3. The van der Waals surface area contributed by atoms with E-state index in [1.165, 1.54) is 0 Å². The van der Waals surface area contributed by atoms with Crippen LogP contribution in [0.3, 0.4) is 0 Å². The van der Waals surface area contributed by atoms with Crippen molar-refractivity contribution in [3.63, 3.8) is 0 Å². The standard InChI is InChI=1S/C11H11F3N2O4/c12-11(13,14)8(19)7-5(4-6(17)18)10(20)16-3-1-2-15-9(7)16/h5,15H,1-4H2,(H,17,18)/t5-/m1/s1. The molecule has 6 nitrogen and oxygen atoms in total. The zero-order chi connectivity index (χ0) is 15.1. The molecule has 2 rings (SSSR count). The number of nitrogens with zero attached hydrogens (tertiary/aromatic N) is 1. The molecule has 9 heteroatoms. The van der Waals surface area contributed by atoms with Crippen molar-refractivity contribution in [2.24, 2.45) is 5.92 Å². The highest BCUT2D eigenvalue weighted by molar-refractivity contribution is 6.09. The molecule has 1 fully saturated rings. The highest BCUT2D eigenvalue weighted by atomic mass is 19.4. The van der Waals surface area contributed by atoms with Crippen LogP contribution in [-0.4, -0.2) is 46.9 Å². The van der Waals surface area contributed by atoms with Gasteiger partial charge < -0.3 is 10.4 Å². The summed E-state index contributed by atoms with van der Waals surface area (Å²) in [5.74, 6) is -6.15. The molecular formula is C11H11F3N2O4. The van der Waals surface area contributed by atoms with Gasteiger partial charge in [0.05, 0.1) is 17.9 Å². The van der Waals surface area contributed by atoms with Gasteiger partial charge in [-0.3, -0.25) is 19.3 Å². The predicted molar refractivity (Wildman–Crippen MR) is 58.2 cm³/mol. The average molecular weight is 292 g/mol. The van der Waals surface area contributed by atoms with Gasteiger partial charge in [-0.25, -0.2) is 0 Å². The van der Waals surface area contributed by atoms with E-state index in [-0.39, 0.29) is 12.4 Å². The molecule has 2 aliphatic heterocycles. The van der Waals surface area contributed by atoms with Gasteiger partial charge in [-0.15, -0.1) is 0 Å². The number of rotatable bonds is 3. The minimum atomic E-state index is -5.14. The third kappa shape index (κ3) is 2.35. The molecule has 0 aromatic carbocycles. The van der Waals surface area contributed by atoms with Gasteiger partial charge >= 0.3 is 12.1 Å². The maximum Gasteiger partial charge on any atom is 0.454 e. The van der Waals surface area contributed by atoms with Crippen LogP contribution in [0.4, 0.5) is 13.2 Å². The highest BCUT2D eigenvalue weighted by Gasteiger charge is 2.52. The van der Waals surface area contributed by atoms with Gasteiger partial charge in [0.15, 0.2) is 0 Å². The van der Waals surface area contributed by atoms with Crippen LogP contribution in [0.5, 0.6) is 0 Å². The van der Waals surface area contributed by atoms with Gasteiger partial charge in [-0.2, -0.15) is 13.2 Å². The van der Waals surface area contributed by atoms with Crippen LogP contribution in [0, 0.1) is 5.92 Å². The second-order valence-electron chi connectivity index (χ2n) is 4.51. The van der Waals surface area contributed by atoms with Crippen molar-refractivity contribution in [1.29, 1.82) is 0 Å². The van der Waals surface area contributed by atoms with Crippen LogP contribution >= 0.6 is 0 Å². The zero-order valence-electron chi connectivity index (χ0n) is 10.2. The Morgan fingerprint density at radius 3 is 2.60 bits per heavy atom. The first-order valence-electron chi connectivity index (χ1n) is 5.86. The number of aliphatic carboxylic acids is 1. The quantitative estimate of drug-likeness (QED) is 0.779. The van der Waals surface area contributed by atoms with E-state index in [0.29, 0.717) is 13.0 Å². The fourth-order valence-corrected chi connectivity index (χ4v) is 2.37. The van der Waals surface area contributed by atoms with E-state index in [2.05, 4.69) is 5.32 Å². The number of carbonyl (C=O) groups excluding carboxylic acids is 2. The van der Waals surface area contributed by atoms with Gasteiger partial charge in [0, 0.05) is 13.1 Å². The molecule has 0 bridgehead atoms. The molecule has 0 spiro atoms. The first-order chi connectivity index (χ1) is 9.23. The van der Waals surface area contributed by atoms with E-state index >= 15 is 0 Å². The van der Waals surface area contributed by atoms with Crippen molar-refractivity contribution in [3.8, 4) is 0 Å². The average Bonchev–Trinajstić information content (AvgIpc) is 2.61. The molecule has 0 aromatic heterocycles. The fraction of sp³-hybridized carbons (Fsp3) is 0.545. The Balaban J connectivity index is 2.46. The van der Waals surface area contributed by atoms with Crippen LogP contribution in [-0.2, 0) is 14.4 Å². The van der Waals surface area contributed by atoms with Crippen molar-refractivity contribution in [2.75, 3.05) is 13.1 Å². The van der Waals surface area contributed by atoms with Gasteiger partial charge in [0.2, 0.25) is 5.91 Å². The lowest BCUT2D eigenvalue weighted by Gasteiger charge is -2.27. The molecule has 2 heterocycles. The van der Waals surface area contributed by atoms with Crippen LogP contribution in [0.1, 0.15) is 12.8 Å². The van der Waals surface area contributed by atoms with Crippen molar-refractivity contribution < 1.29 is 32.7 Å². The van der Waals surface area contributed by atoms with Crippen LogP contribution in [0.15, 0.2) is 11.4 Å². The third-order valence-electron chi connectivity index (χ3n) is 3.17. The van der Waals surface area contributed by atoms with Crippen molar-refractivity contribution in [3.05, 3.63) is 11.4 Å². The van der Waals surface area contributed by atoms with E-state index in [1.807, 2.05) is 0 Å². The number of amides is 1. The molecule has 0 unspecified atom stereocenters. The number of hydrogen-bond acceptors (Lipinski definition) is 4. The molecule has 0 radical (unpaired) electrons. The van der Waals surface area contributed by atoms with E-state index in [0.717, 1.165) is 4.90 Å². The summed E-state index contributed by atoms with van der Waals surface area (Å²) < 4.78 is 37.8. The molecule has 1 atom stereocenters. The van der Waals surface area contributed by atoms with Crippen LogP contribution < -0.4 is 5.32 Å². The summed E-state index contributed by atoms with van der Waals surface area (Å²) in [6, 6.07) is 0. The minimum absolute atomic E-state index is 0.173. The Morgan fingerprint density at radius 1 is 1.40 bits per heavy atom. The van der Waals surface area contributed by atoms with Crippen molar-refractivity contribution in [2.45, 2.75) is 19.0 Å². The molecule has 0 saturated carbocycles. The first-order valence-corrected chi connectivity index (χ1v) is 5.86. The summed E-state index contributed by atoms with van der Waals surface area (Å²) in [7, 11) is 0. The number of Topliss-reactive ketones (excluding diaryl/α,β-unsaturated/α-hetero) is 1. The number of ketones is 1. The van der Waals surface area contributed by atoms with Crippen LogP contribution in [0.2, 0.25) is 0 Å². The molecular weight excluding hydrogens is 281 g/mol. The SMILES string of the molecule is O=C(O)C[C@H]1C(=O)N2CCCNC2=C1C(=O)C(F)(F)F. The van der Waals surface area contributed by atoms with Crippen molar-refractivity contribution >= 4 is 17.7 Å². The Bertz CT molecular complexity index is 512. The summed E-state index contributed by atoms with van der Waals surface area (Å²) >= 11 is 0. The molecule has 1 amide bonds. The molecule has 2 aliphatic rings. The van der Waals surface area contributed by atoms with E-state index in [1.54, 1.807) is 0 Å². The van der Waals surface area contributed by atoms with E-state index < -0.39 is 41.7 Å². The number of halogens is 3. The smallest absolute Gasteiger partial charge is 0.454 e. The number of hydrogen-bond donors (Lipinski definition) is 2. The predicted octanol–water partition coefficient (Wildman–Crippen LogP) is 0.256. The van der Waals surface area contributed by atoms with E-state index in [9.17, 15) is 27.6 Å². The number of carbonyl (C=O) groups is 3. The fourth-order valence-electron chi connectivity index (χ4n) is 2.37. The maximum absolute atomic E-state index is 12.6. The summed E-state index contributed by atoms with van der Waals surface area (Å²) in [4.78, 5) is 35.2. The van der Waals surface area contributed by atoms with Crippen LogP contribution in [0.25, 0.3) is 0 Å². The maximum atomic E-state index is 12.6. The van der Waals surface area contributed by atoms with Gasteiger partial charge in [0.25, 0.3) is 5.78 Å². The highest BCUT2D eigenvalue weighted by Crippen LogP contribution is 2.36. The molecule has 110 valence electrons. The Morgan fingerprint density at radius 2 is 2.05 bits per heavy atom. The second kappa shape index (κ2) is 4.80. The van der Waals surface area contributed by atoms with E-state index in [4.69, 9.17) is 5.11 Å². The van der Waals surface area contributed by atoms with Gasteiger partial charge in [-0.05, 0) is 6.42 Å². The minimum Gasteiger partial charge on any atom is -0.481 e. The molecule has 0 aliphatic carbocycles. The normalized spacial score (nSPS) is 22.6. The molecule has 2 N–H and O–H groups in total. The summed E-state index contributed by atoms with van der Waals surface area (Å²) in [6.45, 7) is 0.499. The monoisotopic (exact) mass is 292 g/mol. The van der Waals surface area contributed by atoms with Crippen molar-refractivity contribution in [1.82, 2.24) is 10.2 Å². The molecule has 20 heavy (non-hydrogen) atoms. The largest absolute Gasteiger partial charge is 0.481 e. The zero-order valence-corrected chi connectivity index (χ0v) is 10.2. The summed E-state index contributed by atoms with van der Waals surface area (Å²) in [5.41, 5.74) is -0.787. The third-order valence-corrected chi connectivity index (χ3v) is 3.17. The second-order valence-corrected chi connectivity index (χ2v) is 4.51. The van der Waals surface area contributed by atoms with Gasteiger partial charge in [-0.1, -0.05) is 0 Å². The molecule has 1 saturated heterocycles.